The molecule has 1 heterocycles. The molecule has 2 aromatic carbocycles. The molecule has 0 atom stereocenters. The number of benzene rings is 2. The van der Waals surface area contributed by atoms with Crippen molar-refractivity contribution in [3.05, 3.63) is 55.0 Å². The monoisotopic (exact) mass is 445 g/mol. The molecule has 9 nitrogen and oxygen atoms in total. The molecule has 146 valence electrons. The van der Waals surface area contributed by atoms with Crippen LogP contribution in [-0.2, 0) is 4.79 Å². The summed E-state index contributed by atoms with van der Waals surface area (Å²) >= 11 is 17.6. The van der Waals surface area contributed by atoms with E-state index < -0.39 is 17.4 Å². The van der Waals surface area contributed by atoms with Crippen molar-refractivity contribution < 1.29 is 23.9 Å². The number of carbonyl (C=O) groups is 1. The van der Waals surface area contributed by atoms with Gasteiger partial charge in [-0.2, -0.15) is 5.10 Å². The van der Waals surface area contributed by atoms with Crippen LogP contribution >= 0.6 is 34.8 Å². The van der Waals surface area contributed by atoms with Crippen LogP contribution in [0.25, 0.3) is 0 Å². The Hall–Kier alpha value is -2.75. The minimum absolute atomic E-state index is 0.0293. The van der Waals surface area contributed by atoms with E-state index in [2.05, 4.69) is 10.5 Å². The van der Waals surface area contributed by atoms with E-state index in [1.807, 2.05) is 0 Å². The summed E-state index contributed by atoms with van der Waals surface area (Å²) in [7, 11) is 0. The van der Waals surface area contributed by atoms with Crippen LogP contribution < -0.4 is 19.6 Å². The molecule has 0 bridgehead atoms. The van der Waals surface area contributed by atoms with Crippen molar-refractivity contribution in [1.82, 2.24) is 5.43 Å². The van der Waals surface area contributed by atoms with Gasteiger partial charge in [-0.15, -0.1) is 0 Å². The Bertz CT molecular complexity index is 983. The maximum atomic E-state index is 11.8. The van der Waals surface area contributed by atoms with Gasteiger partial charge in [-0.05, 0) is 12.1 Å². The average Bonchev–Trinajstić information content (AvgIpc) is 3.10. The number of hydrogen-bond acceptors (Lipinski definition) is 7. The Balaban J connectivity index is 1.63. The highest BCUT2D eigenvalue weighted by atomic mass is 35.5. The number of rotatable bonds is 6. The summed E-state index contributed by atoms with van der Waals surface area (Å²) < 4.78 is 15.5. The lowest BCUT2D eigenvalue weighted by Crippen LogP contribution is -2.24. The smallest absolute Gasteiger partial charge is 0.282 e. The largest absolute Gasteiger partial charge is 0.482 e. The van der Waals surface area contributed by atoms with Gasteiger partial charge in [-0.1, -0.05) is 34.8 Å². The standard InChI is InChI=1S/C16H10Cl3N3O6/c17-9-2-11(19)13(3-10(9)18)26-6-16(23)21-20-5-8-1-14-15(28-7-27-14)4-12(8)22(24)25/h1-5H,6-7H2,(H,21,23)/b20-5+. The Morgan fingerprint density at radius 2 is 1.86 bits per heavy atom. The quantitative estimate of drug-likeness (QED) is 0.312. The molecule has 28 heavy (non-hydrogen) atoms. The number of fused-ring (bicyclic) bond motifs is 1. The number of nitro benzene ring substituents is 1. The predicted octanol–water partition coefficient (Wildman–Crippen LogP) is 3.81. The van der Waals surface area contributed by atoms with Gasteiger partial charge >= 0.3 is 0 Å². The van der Waals surface area contributed by atoms with Gasteiger partial charge in [-0.3, -0.25) is 14.9 Å². The van der Waals surface area contributed by atoms with E-state index in [-0.39, 0.29) is 44.6 Å². The lowest BCUT2D eigenvalue weighted by molar-refractivity contribution is -0.385. The van der Waals surface area contributed by atoms with Crippen molar-refractivity contribution in [3.63, 3.8) is 0 Å². The lowest BCUT2D eigenvalue weighted by atomic mass is 10.1. The van der Waals surface area contributed by atoms with Gasteiger partial charge in [0.25, 0.3) is 11.6 Å². The normalized spacial score (nSPS) is 12.2. The summed E-state index contributed by atoms with van der Waals surface area (Å²) in [6.07, 6.45) is 1.12. The molecule has 1 amide bonds. The van der Waals surface area contributed by atoms with Crippen molar-refractivity contribution >= 4 is 52.6 Å². The second-order valence-electron chi connectivity index (χ2n) is 5.30. The SMILES string of the molecule is O=C(COc1cc(Cl)c(Cl)cc1Cl)N/N=C/c1cc2c(cc1[N+](=O)[O-])OCO2. The fourth-order valence-corrected chi connectivity index (χ4v) is 2.76. The first-order chi connectivity index (χ1) is 13.3. The van der Waals surface area contributed by atoms with Crippen molar-refractivity contribution in [2.45, 2.75) is 0 Å². The number of halogens is 3. The van der Waals surface area contributed by atoms with Gasteiger partial charge in [0, 0.05) is 6.07 Å². The van der Waals surface area contributed by atoms with Gasteiger partial charge in [0.15, 0.2) is 18.1 Å². The van der Waals surface area contributed by atoms with Crippen LogP contribution in [0.4, 0.5) is 5.69 Å². The highest BCUT2D eigenvalue weighted by Crippen LogP contribution is 2.37. The zero-order valence-electron chi connectivity index (χ0n) is 13.8. The minimum Gasteiger partial charge on any atom is -0.482 e. The molecule has 1 aliphatic rings. The summed E-state index contributed by atoms with van der Waals surface area (Å²) in [6, 6.07) is 5.37. The number of amides is 1. The number of nitrogens with zero attached hydrogens (tertiary/aromatic N) is 2. The number of hydrogen-bond donors (Lipinski definition) is 1. The molecule has 1 N–H and O–H groups in total. The summed E-state index contributed by atoms with van der Waals surface area (Å²) in [4.78, 5) is 22.4. The molecule has 0 aliphatic carbocycles. The van der Waals surface area contributed by atoms with Crippen LogP contribution in [0.15, 0.2) is 29.4 Å². The van der Waals surface area contributed by atoms with Crippen LogP contribution in [0.1, 0.15) is 5.56 Å². The molecule has 12 heteroatoms. The maximum Gasteiger partial charge on any atom is 0.282 e. The molecule has 0 fully saturated rings. The third-order valence-electron chi connectivity index (χ3n) is 3.45. The minimum atomic E-state index is -0.623. The Labute approximate surface area is 172 Å². The van der Waals surface area contributed by atoms with Crippen LogP contribution in [0.2, 0.25) is 15.1 Å². The first-order valence-electron chi connectivity index (χ1n) is 7.52. The Morgan fingerprint density at radius 1 is 1.18 bits per heavy atom. The van der Waals surface area contributed by atoms with Gasteiger partial charge < -0.3 is 14.2 Å². The van der Waals surface area contributed by atoms with E-state index in [4.69, 9.17) is 49.0 Å². The van der Waals surface area contributed by atoms with Crippen molar-refractivity contribution in [2.75, 3.05) is 13.4 Å². The van der Waals surface area contributed by atoms with E-state index in [1.54, 1.807) is 0 Å². The fraction of sp³-hybridized carbons (Fsp3) is 0.125. The second kappa shape index (κ2) is 8.51. The zero-order valence-corrected chi connectivity index (χ0v) is 16.0. The number of nitrogens with one attached hydrogen (secondary N) is 1. The lowest BCUT2D eigenvalue weighted by Gasteiger charge is -2.08. The molecule has 0 spiro atoms. The summed E-state index contributed by atoms with van der Waals surface area (Å²) in [6.45, 7) is -0.448. The highest BCUT2D eigenvalue weighted by Gasteiger charge is 2.22. The number of hydrazone groups is 1. The molecule has 2 aromatic rings. The molecule has 0 unspecified atom stereocenters. The molecule has 0 saturated heterocycles. The first kappa shape index (κ1) is 20.0. The number of ether oxygens (including phenoxy) is 3. The summed E-state index contributed by atoms with van der Waals surface area (Å²) in [5.41, 5.74) is 2.07. The van der Waals surface area contributed by atoms with Crippen molar-refractivity contribution in [1.29, 1.82) is 0 Å². The number of nitro groups is 1. The predicted molar refractivity (Wildman–Crippen MR) is 102 cm³/mol. The van der Waals surface area contributed by atoms with Crippen LogP contribution in [-0.4, -0.2) is 30.4 Å². The topological polar surface area (TPSA) is 112 Å². The fourth-order valence-electron chi connectivity index (χ4n) is 2.17. The third-order valence-corrected chi connectivity index (χ3v) is 4.46. The first-order valence-corrected chi connectivity index (χ1v) is 8.66. The van der Waals surface area contributed by atoms with E-state index >= 15 is 0 Å². The van der Waals surface area contributed by atoms with Crippen LogP contribution in [0.3, 0.4) is 0 Å². The van der Waals surface area contributed by atoms with E-state index in [0.29, 0.717) is 5.75 Å². The molecule has 0 radical (unpaired) electrons. The molecule has 3 rings (SSSR count). The zero-order chi connectivity index (χ0) is 20.3. The van der Waals surface area contributed by atoms with Crippen LogP contribution in [0, 0.1) is 10.1 Å². The van der Waals surface area contributed by atoms with Gasteiger partial charge in [-0.25, -0.2) is 5.43 Å². The third kappa shape index (κ3) is 4.56. The molecule has 1 aliphatic heterocycles. The second-order valence-corrected chi connectivity index (χ2v) is 6.52. The van der Waals surface area contributed by atoms with E-state index in [1.165, 1.54) is 24.3 Å². The molecular weight excluding hydrogens is 437 g/mol. The number of carbonyl (C=O) groups excluding carboxylic acids is 1. The average molecular weight is 447 g/mol. The highest BCUT2D eigenvalue weighted by molar-refractivity contribution is 6.43. The molecular formula is C16H10Cl3N3O6. The Kier molecular flexibility index (Phi) is 6.08. The maximum absolute atomic E-state index is 11.8. The van der Waals surface area contributed by atoms with Crippen molar-refractivity contribution in [2.24, 2.45) is 5.10 Å². The summed E-state index contributed by atoms with van der Waals surface area (Å²) in [5, 5.41) is 15.5. The van der Waals surface area contributed by atoms with Crippen molar-refractivity contribution in [3.8, 4) is 17.2 Å². The Morgan fingerprint density at radius 3 is 2.57 bits per heavy atom. The van der Waals surface area contributed by atoms with E-state index in [9.17, 15) is 14.9 Å². The van der Waals surface area contributed by atoms with Crippen LogP contribution in [0.5, 0.6) is 17.2 Å². The van der Waals surface area contributed by atoms with E-state index in [0.717, 1.165) is 6.21 Å². The van der Waals surface area contributed by atoms with Gasteiger partial charge in [0.1, 0.15) is 5.75 Å². The van der Waals surface area contributed by atoms with Gasteiger partial charge in [0.05, 0.1) is 37.8 Å². The summed E-state index contributed by atoms with van der Waals surface area (Å²) in [5.74, 6) is 0.152. The van der Waals surface area contributed by atoms with Gasteiger partial charge in [0.2, 0.25) is 6.79 Å². The molecule has 0 saturated carbocycles. The molecule has 0 aromatic heterocycles.